The molecule has 1 fully saturated rings. The molecule has 9 heteroatoms. The third kappa shape index (κ3) is 3.53. The van der Waals surface area contributed by atoms with Gasteiger partial charge in [-0.2, -0.15) is 4.98 Å². The lowest BCUT2D eigenvalue weighted by atomic mass is 10.1. The van der Waals surface area contributed by atoms with Gasteiger partial charge in [0.1, 0.15) is 16.6 Å². The van der Waals surface area contributed by atoms with Crippen molar-refractivity contribution in [2.75, 3.05) is 31.2 Å². The van der Waals surface area contributed by atoms with E-state index in [9.17, 15) is 9.90 Å². The van der Waals surface area contributed by atoms with Gasteiger partial charge in [0.05, 0.1) is 19.8 Å². The zero-order valence-electron chi connectivity index (χ0n) is 15.7. The van der Waals surface area contributed by atoms with Crippen LogP contribution in [-0.2, 0) is 11.3 Å². The molecule has 1 unspecified atom stereocenters. The number of hydrogen-bond donors (Lipinski definition) is 1. The number of hydrogen-bond acceptors (Lipinski definition) is 7. The Kier molecular flexibility index (Phi) is 5.37. The fraction of sp³-hybridized carbons (Fsp3) is 0.421. The maximum atomic E-state index is 12.6. The highest BCUT2D eigenvalue weighted by Gasteiger charge is 2.22. The van der Waals surface area contributed by atoms with Gasteiger partial charge in [-0.3, -0.25) is 4.79 Å². The third-order valence-corrected chi connectivity index (χ3v) is 6.41. The summed E-state index contributed by atoms with van der Waals surface area (Å²) >= 11 is 7.61. The van der Waals surface area contributed by atoms with Crippen molar-refractivity contribution in [2.24, 2.45) is 0 Å². The molecule has 0 aliphatic carbocycles. The van der Waals surface area contributed by atoms with Crippen LogP contribution in [0.2, 0.25) is 5.02 Å². The SMILES string of the molecule is Cc1c(Cl)cccc1Cn1c(C(C)O)nc(=O)c2sc(N3CCOCC3)nc21. The lowest BCUT2D eigenvalue weighted by Gasteiger charge is -2.25. The first-order chi connectivity index (χ1) is 13.5. The number of rotatable bonds is 4. The van der Waals surface area contributed by atoms with Gasteiger partial charge in [-0.05, 0) is 31.0 Å². The lowest BCUT2D eigenvalue weighted by molar-refractivity contribution is 0.122. The molecule has 1 aliphatic rings. The first-order valence-corrected chi connectivity index (χ1v) is 10.3. The molecule has 3 heterocycles. The molecular formula is C19H21ClN4O3S. The van der Waals surface area contributed by atoms with Crippen molar-refractivity contribution in [3.63, 3.8) is 0 Å². The molecule has 148 valence electrons. The Labute approximate surface area is 171 Å². The van der Waals surface area contributed by atoms with Crippen molar-refractivity contribution in [3.8, 4) is 0 Å². The first-order valence-electron chi connectivity index (χ1n) is 9.11. The Morgan fingerprint density at radius 2 is 2.07 bits per heavy atom. The Morgan fingerprint density at radius 3 is 2.79 bits per heavy atom. The Morgan fingerprint density at radius 1 is 1.32 bits per heavy atom. The van der Waals surface area contributed by atoms with E-state index >= 15 is 0 Å². The molecule has 28 heavy (non-hydrogen) atoms. The molecule has 0 amide bonds. The molecule has 1 N–H and O–H groups in total. The number of halogens is 1. The normalized spacial score (nSPS) is 15.9. The number of benzene rings is 1. The van der Waals surface area contributed by atoms with Crippen molar-refractivity contribution < 1.29 is 9.84 Å². The number of nitrogens with zero attached hydrogens (tertiary/aromatic N) is 4. The van der Waals surface area contributed by atoms with Crippen molar-refractivity contribution in [1.82, 2.24) is 14.5 Å². The molecule has 0 spiro atoms. The highest BCUT2D eigenvalue weighted by molar-refractivity contribution is 7.22. The van der Waals surface area contributed by atoms with Crippen LogP contribution in [0.4, 0.5) is 5.13 Å². The van der Waals surface area contributed by atoms with E-state index in [2.05, 4.69) is 9.88 Å². The predicted molar refractivity (Wildman–Crippen MR) is 111 cm³/mol. The summed E-state index contributed by atoms with van der Waals surface area (Å²) in [6, 6.07) is 5.71. The van der Waals surface area contributed by atoms with Crippen molar-refractivity contribution in [1.29, 1.82) is 0 Å². The number of aliphatic hydroxyl groups is 1. The summed E-state index contributed by atoms with van der Waals surface area (Å²) in [6.07, 6.45) is -0.898. The van der Waals surface area contributed by atoms with Crippen LogP contribution >= 0.6 is 22.9 Å². The van der Waals surface area contributed by atoms with Gasteiger partial charge >= 0.3 is 0 Å². The molecule has 1 aromatic carbocycles. The summed E-state index contributed by atoms with van der Waals surface area (Å²) in [5, 5.41) is 11.7. The van der Waals surface area contributed by atoms with E-state index in [1.807, 2.05) is 29.7 Å². The standard InChI is InChI=1S/C19H21ClN4O3S/c1-11-13(4-3-5-14(11)20)10-24-16(12(2)25)21-18(26)15-17(24)22-19(28-15)23-6-8-27-9-7-23/h3-5,12,25H,6-10H2,1-2H3. The Bertz CT molecular complexity index is 1070. The molecule has 7 nitrogen and oxygen atoms in total. The number of fused-ring (bicyclic) bond motifs is 1. The summed E-state index contributed by atoms with van der Waals surface area (Å²) in [6.45, 7) is 6.72. The predicted octanol–water partition coefficient (Wildman–Crippen LogP) is 2.75. The van der Waals surface area contributed by atoms with Crippen LogP contribution in [-0.4, -0.2) is 45.9 Å². The van der Waals surface area contributed by atoms with Gasteiger partial charge in [-0.1, -0.05) is 35.1 Å². The summed E-state index contributed by atoms with van der Waals surface area (Å²) in [7, 11) is 0. The van der Waals surface area contributed by atoms with Crippen molar-refractivity contribution >= 4 is 38.4 Å². The third-order valence-electron chi connectivity index (χ3n) is 4.90. The second-order valence-electron chi connectivity index (χ2n) is 6.81. The van der Waals surface area contributed by atoms with Crippen LogP contribution in [0.15, 0.2) is 23.0 Å². The summed E-state index contributed by atoms with van der Waals surface area (Å²) < 4.78 is 7.72. The summed E-state index contributed by atoms with van der Waals surface area (Å²) in [4.78, 5) is 23.6. The van der Waals surface area contributed by atoms with Gasteiger partial charge in [0, 0.05) is 18.1 Å². The van der Waals surface area contributed by atoms with E-state index in [4.69, 9.17) is 21.3 Å². The van der Waals surface area contributed by atoms with Crippen LogP contribution in [0.25, 0.3) is 10.3 Å². The minimum atomic E-state index is -0.898. The number of aliphatic hydroxyl groups excluding tert-OH is 1. The Hall–Kier alpha value is -2.00. The molecule has 1 atom stereocenters. The van der Waals surface area contributed by atoms with Crippen LogP contribution in [0.3, 0.4) is 0 Å². The average Bonchev–Trinajstić information content (AvgIpc) is 3.14. The van der Waals surface area contributed by atoms with Gasteiger partial charge < -0.3 is 19.3 Å². The largest absolute Gasteiger partial charge is 0.385 e. The maximum Gasteiger partial charge on any atom is 0.292 e. The fourth-order valence-electron chi connectivity index (χ4n) is 3.31. The van der Waals surface area contributed by atoms with E-state index in [1.54, 1.807) is 6.92 Å². The number of ether oxygens (including phenoxy) is 1. The van der Waals surface area contributed by atoms with Gasteiger partial charge in [0.2, 0.25) is 0 Å². The highest BCUT2D eigenvalue weighted by atomic mass is 35.5. The zero-order chi connectivity index (χ0) is 19.8. The average molecular weight is 421 g/mol. The van der Waals surface area contributed by atoms with Crippen LogP contribution in [0.5, 0.6) is 0 Å². The van der Waals surface area contributed by atoms with Crippen molar-refractivity contribution in [3.05, 3.63) is 50.5 Å². The number of thiazole rings is 1. The molecule has 2 aromatic heterocycles. The second kappa shape index (κ2) is 7.79. The van der Waals surface area contributed by atoms with E-state index < -0.39 is 6.10 Å². The molecule has 0 radical (unpaired) electrons. The van der Waals surface area contributed by atoms with Crippen LogP contribution in [0.1, 0.15) is 30.0 Å². The summed E-state index contributed by atoms with van der Waals surface area (Å²) in [5.74, 6) is 0.302. The molecule has 4 rings (SSSR count). The lowest BCUT2D eigenvalue weighted by Crippen LogP contribution is -2.36. The fourth-order valence-corrected chi connectivity index (χ4v) is 4.51. The van der Waals surface area contributed by atoms with Crippen molar-refractivity contribution in [2.45, 2.75) is 26.5 Å². The monoisotopic (exact) mass is 420 g/mol. The topological polar surface area (TPSA) is 80.5 Å². The number of morpholine rings is 1. The molecule has 0 saturated carbocycles. The van der Waals surface area contributed by atoms with Gasteiger partial charge in [0.15, 0.2) is 10.8 Å². The molecule has 3 aromatic rings. The molecule has 1 aliphatic heterocycles. The summed E-state index contributed by atoms with van der Waals surface area (Å²) in [5.41, 5.74) is 2.13. The molecular weight excluding hydrogens is 400 g/mol. The van der Waals surface area contributed by atoms with E-state index in [0.717, 1.165) is 29.3 Å². The first kappa shape index (κ1) is 19.3. The Balaban J connectivity index is 1.87. The smallest absolute Gasteiger partial charge is 0.292 e. The van der Waals surface area contributed by atoms with Gasteiger partial charge in [-0.15, -0.1) is 0 Å². The number of aromatic nitrogens is 3. The van der Waals surface area contributed by atoms with Crippen LogP contribution in [0, 0.1) is 6.92 Å². The number of anilines is 1. The molecule has 1 saturated heterocycles. The van der Waals surface area contributed by atoms with Gasteiger partial charge in [0.25, 0.3) is 5.56 Å². The minimum absolute atomic E-state index is 0.302. The quantitative estimate of drug-likeness (QED) is 0.699. The second-order valence-corrected chi connectivity index (χ2v) is 8.19. The highest BCUT2D eigenvalue weighted by Crippen LogP contribution is 2.29. The zero-order valence-corrected chi connectivity index (χ0v) is 17.3. The van der Waals surface area contributed by atoms with E-state index in [1.165, 1.54) is 11.3 Å². The van der Waals surface area contributed by atoms with Crippen LogP contribution < -0.4 is 10.5 Å². The minimum Gasteiger partial charge on any atom is -0.385 e. The van der Waals surface area contributed by atoms with Gasteiger partial charge in [-0.25, -0.2) is 4.98 Å². The van der Waals surface area contributed by atoms with E-state index in [-0.39, 0.29) is 5.56 Å². The maximum absolute atomic E-state index is 12.6. The van der Waals surface area contributed by atoms with E-state index in [0.29, 0.717) is 41.0 Å². The molecule has 0 bridgehead atoms.